The van der Waals surface area contributed by atoms with E-state index in [2.05, 4.69) is 15.0 Å². The topological polar surface area (TPSA) is 79.0 Å². The number of hydrogen-bond donors (Lipinski definition) is 1. The van der Waals surface area contributed by atoms with Crippen LogP contribution < -0.4 is 4.90 Å². The van der Waals surface area contributed by atoms with Crippen molar-refractivity contribution in [3.63, 3.8) is 0 Å². The van der Waals surface area contributed by atoms with Crippen LogP contribution in [-0.4, -0.2) is 48.0 Å². The number of H-pyrrole nitrogens is 1. The highest BCUT2D eigenvalue weighted by Gasteiger charge is 2.38. The molecule has 3 rings (SSSR count). The third-order valence-corrected chi connectivity index (χ3v) is 5.70. The average molecular weight is 348 g/mol. The standard InChI is InChI=1S/C13H15F3N4O2S/c1-7-5-9-10(17-7)18-12(13(14,15)16)19-11(9)20(2)8-3-4-23(21,22)6-8/h5,8H,3-4,6H2,1-2H3,(H,17,18,19). The minimum Gasteiger partial charge on any atom is -0.355 e. The number of alkyl halides is 3. The second kappa shape index (κ2) is 5.08. The molecule has 126 valence electrons. The fraction of sp³-hybridized carbons (Fsp3) is 0.538. The molecule has 1 aliphatic heterocycles. The molecule has 1 N–H and O–H groups in total. The zero-order valence-corrected chi connectivity index (χ0v) is 13.3. The largest absolute Gasteiger partial charge is 0.451 e. The van der Waals surface area contributed by atoms with Gasteiger partial charge in [0.2, 0.25) is 5.82 Å². The van der Waals surface area contributed by atoms with Crippen LogP contribution in [0.5, 0.6) is 0 Å². The van der Waals surface area contributed by atoms with Gasteiger partial charge in [-0.2, -0.15) is 13.2 Å². The van der Waals surface area contributed by atoms with Gasteiger partial charge in [-0.3, -0.25) is 0 Å². The summed E-state index contributed by atoms with van der Waals surface area (Å²) in [6.07, 6.45) is -4.31. The summed E-state index contributed by atoms with van der Waals surface area (Å²) in [5.41, 5.74) is 0.745. The first-order valence-electron chi connectivity index (χ1n) is 6.94. The van der Waals surface area contributed by atoms with Gasteiger partial charge in [-0.25, -0.2) is 18.4 Å². The number of nitrogens with zero attached hydrogens (tertiary/aromatic N) is 3. The summed E-state index contributed by atoms with van der Waals surface area (Å²) < 4.78 is 62.3. The lowest BCUT2D eigenvalue weighted by atomic mass is 10.2. The lowest BCUT2D eigenvalue weighted by molar-refractivity contribution is -0.144. The van der Waals surface area contributed by atoms with Crippen molar-refractivity contribution < 1.29 is 21.6 Å². The molecule has 0 aromatic carbocycles. The van der Waals surface area contributed by atoms with Crippen LogP contribution >= 0.6 is 0 Å². The molecule has 6 nitrogen and oxygen atoms in total. The van der Waals surface area contributed by atoms with E-state index in [1.54, 1.807) is 20.0 Å². The van der Waals surface area contributed by atoms with Gasteiger partial charge in [0.1, 0.15) is 11.5 Å². The second-order valence-corrected chi connectivity index (χ2v) is 7.98. The van der Waals surface area contributed by atoms with Crippen LogP contribution in [0.2, 0.25) is 0 Å². The highest BCUT2D eigenvalue weighted by molar-refractivity contribution is 7.91. The average Bonchev–Trinajstić information content (AvgIpc) is 2.97. The number of halogens is 3. The zero-order chi connectivity index (χ0) is 17.0. The summed E-state index contributed by atoms with van der Waals surface area (Å²) >= 11 is 0. The number of hydrogen-bond acceptors (Lipinski definition) is 5. The first-order chi connectivity index (χ1) is 10.6. The van der Waals surface area contributed by atoms with Gasteiger partial charge in [-0.05, 0) is 19.4 Å². The van der Waals surface area contributed by atoms with E-state index in [1.165, 1.54) is 4.90 Å². The van der Waals surface area contributed by atoms with E-state index in [9.17, 15) is 21.6 Å². The fourth-order valence-electron chi connectivity index (χ4n) is 2.77. The number of fused-ring (bicyclic) bond motifs is 1. The Kier molecular flexibility index (Phi) is 3.54. The molecule has 1 fully saturated rings. The summed E-state index contributed by atoms with van der Waals surface area (Å²) in [6, 6.07) is 1.26. The Morgan fingerprint density at radius 2 is 2.04 bits per heavy atom. The summed E-state index contributed by atoms with van der Waals surface area (Å²) in [7, 11) is -1.58. The molecular weight excluding hydrogens is 333 g/mol. The molecule has 1 unspecified atom stereocenters. The number of aromatic nitrogens is 3. The van der Waals surface area contributed by atoms with Crippen molar-refractivity contribution in [1.82, 2.24) is 15.0 Å². The highest BCUT2D eigenvalue weighted by Crippen LogP contribution is 2.33. The maximum Gasteiger partial charge on any atom is 0.451 e. The van der Waals surface area contributed by atoms with E-state index in [0.717, 1.165) is 0 Å². The molecule has 0 bridgehead atoms. The SMILES string of the molecule is Cc1cc2c(N(C)C3CCS(=O)(=O)C3)nc(C(F)(F)F)nc2[nH]1. The van der Waals surface area contributed by atoms with Crippen LogP contribution in [0.4, 0.5) is 19.0 Å². The van der Waals surface area contributed by atoms with Crippen molar-refractivity contribution in [2.45, 2.75) is 25.6 Å². The van der Waals surface area contributed by atoms with E-state index in [-0.39, 0.29) is 23.0 Å². The normalized spacial score (nSPS) is 21.0. The molecule has 1 aliphatic rings. The summed E-state index contributed by atoms with van der Waals surface area (Å²) in [6.45, 7) is 1.71. The van der Waals surface area contributed by atoms with Crippen LogP contribution in [0.25, 0.3) is 11.0 Å². The van der Waals surface area contributed by atoms with E-state index in [4.69, 9.17) is 0 Å². The van der Waals surface area contributed by atoms with Crippen molar-refractivity contribution >= 4 is 26.7 Å². The molecule has 2 aromatic rings. The minimum atomic E-state index is -4.68. The third kappa shape index (κ3) is 2.99. The molecule has 23 heavy (non-hydrogen) atoms. The molecule has 0 radical (unpaired) electrons. The lowest BCUT2D eigenvalue weighted by Gasteiger charge is -2.25. The molecule has 10 heteroatoms. The highest BCUT2D eigenvalue weighted by atomic mass is 32.2. The molecule has 3 heterocycles. The Hall–Kier alpha value is -1.84. The van der Waals surface area contributed by atoms with E-state index in [1.807, 2.05) is 0 Å². The number of aryl methyl sites for hydroxylation is 1. The van der Waals surface area contributed by atoms with Crippen molar-refractivity contribution in [2.75, 3.05) is 23.5 Å². The number of aromatic amines is 1. The molecule has 1 atom stereocenters. The number of nitrogens with one attached hydrogen (secondary N) is 1. The second-order valence-electron chi connectivity index (χ2n) is 5.75. The maximum atomic E-state index is 13.0. The van der Waals surface area contributed by atoms with Crippen molar-refractivity contribution in [1.29, 1.82) is 0 Å². The first kappa shape index (κ1) is 16.0. The van der Waals surface area contributed by atoms with Crippen LogP contribution in [0.1, 0.15) is 17.9 Å². The van der Waals surface area contributed by atoms with Gasteiger partial charge in [0, 0.05) is 18.8 Å². The number of sulfone groups is 1. The number of rotatable bonds is 2. The quantitative estimate of drug-likeness (QED) is 0.897. The van der Waals surface area contributed by atoms with Gasteiger partial charge in [-0.15, -0.1) is 0 Å². The smallest absolute Gasteiger partial charge is 0.355 e. The molecule has 1 saturated heterocycles. The predicted molar refractivity (Wildman–Crippen MR) is 79.1 cm³/mol. The Balaban J connectivity index is 2.11. The Labute approximate surface area is 130 Å². The number of anilines is 1. The van der Waals surface area contributed by atoms with Crippen molar-refractivity contribution in [3.05, 3.63) is 17.6 Å². The molecule has 0 aliphatic carbocycles. The van der Waals surface area contributed by atoms with Gasteiger partial charge in [0.25, 0.3) is 0 Å². The zero-order valence-electron chi connectivity index (χ0n) is 12.5. The Morgan fingerprint density at radius 1 is 1.35 bits per heavy atom. The van der Waals surface area contributed by atoms with Crippen LogP contribution in [0, 0.1) is 6.92 Å². The van der Waals surface area contributed by atoms with Crippen LogP contribution in [0.15, 0.2) is 6.07 Å². The van der Waals surface area contributed by atoms with E-state index in [0.29, 0.717) is 17.5 Å². The van der Waals surface area contributed by atoms with Crippen LogP contribution in [-0.2, 0) is 16.0 Å². The fourth-order valence-corrected chi connectivity index (χ4v) is 4.55. The summed E-state index contributed by atoms with van der Waals surface area (Å²) in [5.74, 6) is -1.20. The predicted octanol–water partition coefficient (Wildman–Crippen LogP) is 1.91. The third-order valence-electron chi connectivity index (χ3n) is 3.95. The molecule has 0 amide bonds. The van der Waals surface area contributed by atoms with Gasteiger partial charge in [0.05, 0.1) is 16.9 Å². The Morgan fingerprint density at radius 3 is 2.61 bits per heavy atom. The van der Waals surface area contributed by atoms with Gasteiger partial charge >= 0.3 is 6.18 Å². The Bertz CT molecular complexity index is 860. The monoisotopic (exact) mass is 348 g/mol. The molecule has 2 aromatic heterocycles. The first-order valence-corrected chi connectivity index (χ1v) is 8.77. The van der Waals surface area contributed by atoms with Crippen LogP contribution in [0.3, 0.4) is 0 Å². The summed E-state index contributed by atoms with van der Waals surface area (Å²) in [5, 5.41) is 0.447. The molecular formula is C13H15F3N4O2S. The lowest BCUT2D eigenvalue weighted by Crippen LogP contribution is -2.34. The summed E-state index contributed by atoms with van der Waals surface area (Å²) in [4.78, 5) is 11.5. The molecule has 0 saturated carbocycles. The minimum absolute atomic E-state index is 0.0362. The van der Waals surface area contributed by atoms with Crippen molar-refractivity contribution in [3.8, 4) is 0 Å². The van der Waals surface area contributed by atoms with Gasteiger partial charge in [0.15, 0.2) is 9.84 Å². The van der Waals surface area contributed by atoms with E-state index < -0.39 is 27.9 Å². The van der Waals surface area contributed by atoms with Gasteiger partial charge in [-0.1, -0.05) is 0 Å². The van der Waals surface area contributed by atoms with Gasteiger partial charge < -0.3 is 9.88 Å². The van der Waals surface area contributed by atoms with Crippen molar-refractivity contribution in [2.24, 2.45) is 0 Å². The maximum absolute atomic E-state index is 13.0. The van der Waals surface area contributed by atoms with E-state index >= 15 is 0 Å². The molecule has 0 spiro atoms.